The van der Waals surface area contributed by atoms with Gasteiger partial charge >= 0.3 is 0 Å². The molecule has 2 N–H and O–H groups in total. The van der Waals surface area contributed by atoms with Gasteiger partial charge in [-0.2, -0.15) is 0 Å². The first kappa shape index (κ1) is 19.4. The Labute approximate surface area is 174 Å². The van der Waals surface area contributed by atoms with Gasteiger partial charge in [-0.05, 0) is 31.5 Å². The van der Waals surface area contributed by atoms with Gasteiger partial charge in [0.1, 0.15) is 17.8 Å². The normalized spacial score (nSPS) is 11.8. The second kappa shape index (κ2) is 8.65. The van der Waals surface area contributed by atoms with Crippen molar-refractivity contribution in [3.8, 4) is 11.3 Å². The SMILES string of the molecule is CCNC(=O)c1cncc(-c2ccc3ncnc(N[C@H](C)c4ccccc4)c3c2)n1. The lowest BCUT2D eigenvalue weighted by molar-refractivity contribution is 0.0950. The molecule has 0 aliphatic rings. The van der Waals surface area contributed by atoms with Crippen LogP contribution in [0.1, 0.15) is 35.9 Å². The van der Waals surface area contributed by atoms with E-state index in [4.69, 9.17) is 0 Å². The summed E-state index contributed by atoms with van der Waals surface area (Å²) in [6.07, 6.45) is 4.66. The van der Waals surface area contributed by atoms with Gasteiger partial charge in [-0.15, -0.1) is 0 Å². The van der Waals surface area contributed by atoms with Crippen molar-refractivity contribution in [2.45, 2.75) is 19.9 Å². The minimum absolute atomic E-state index is 0.0776. The van der Waals surface area contributed by atoms with Crippen LogP contribution in [0, 0.1) is 0 Å². The molecule has 30 heavy (non-hydrogen) atoms. The highest BCUT2D eigenvalue weighted by Crippen LogP contribution is 2.28. The molecule has 7 nitrogen and oxygen atoms in total. The summed E-state index contributed by atoms with van der Waals surface area (Å²) in [6.45, 7) is 4.49. The molecular formula is C23H22N6O. The zero-order valence-corrected chi connectivity index (χ0v) is 16.8. The van der Waals surface area contributed by atoms with Crippen LogP contribution >= 0.6 is 0 Å². The van der Waals surface area contributed by atoms with E-state index in [1.54, 1.807) is 12.5 Å². The summed E-state index contributed by atoms with van der Waals surface area (Å²) in [5.74, 6) is 0.501. The van der Waals surface area contributed by atoms with Crippen molar-refractivity contribution in [1.82, 2.24) is 25.3 Å². The van der Waals surface area contributed by atoms with Gasteiger partial charge in [-0.3, -0.25) is 9.78 Å². The molecule has 7 heteroatoms. The number of carbonyl (C=O) groups is 1. The summed E-state index contributed by atoms with van der Waals surface area (Å²) in [7, 11) is 0. The Morgan fingerprint density at radius 1 is 1.07 bits per heavy atom. The molecule has 2 aromatic carbocycles. The number of amides is 1. The maximum atomic E-state index is 12.1. The largest absolute Gasteiger partial charge is 0.363 e. The van der Waals surface area contributed by atoms with Crippen LogP contribution < -0.4 is 10.6 Å². The number of benzene rings is 2. The third-order valence-corrected chi connectivity index (χ3v) is 4.79. The van der Waals surface area contributed by atoms with Crippen molar-refractivity contribution in [1.29, 1.82) is 0 Å². The average molecular weight is 398 g/mol. The molecule has 1 atom stereocenters. The van der Waals surface area contributed by atoms with Gasteiger partial charge in [0.2, 0.25) is 0 Å². The van der Waals surface area contributed by atoms with E-state index in [9.17, 15) is 4.79 Å². The molecule has 0 saturated heterocycles. The maximum absolute atomic E-state index is 12.1. The first-order chi connectivity index (χ1) is 14.7. The van der Waals surface area contributed by atoms with E-state index in [-0.39, 0.29) is 17.6 Å². The number of nitrogens with one attached hydrogen (secondary N) is 2. The van der Waals surface area contributed by atoms with E-state index >= 15 is 0 Å². The van der Waals surface area contributed by atoms with Crippen molar-refractivity contribution < 1.29 is 4.79 Å². The molecule has 150 valence electrons. The van der Waals surface area contributed by atoms with Crippen LogP contribution in [-0.2, 0) is 0 Å². The number of aromatic nitrogens is 4. The summed E-state index contributed by atoms with van der Waals surface area (Å²) in [5.41, 5.74) is 3.73. The average Bonchev–Trinajstić information content (AvgIpc) is 2.80. The Morgan fingerprint density at radius 3 is 2.70 bits per heavy atom. The fourth-order valence-corrected chi connectivity index (χ4v) is 3.23. The smallest absolute Gasteiger partial charge is 0.271 e. The van der Waals surface area contributed by atoms with Crippen LogP contribution in [0.15, 0.2) is 67.3 Å². The predicted molar refractivity (Wildman–Crippen MR) is 117 cm³/mol. The summed E-state index contributed by atoms with van der Waals surface area (Å²) in [4.78, 5) is 29.6. The third-order valence-electron chi connectivity index (χ3n) is 4.79. The molecular weight excluding hydrogens is 376 g/mol. The number of hydrogen-bond donors (Lipinski definition) is 2. The van der Waals surface area contributed by atoms with Gasteiger partial charge in [0, 0.05) is 23.5 Å². The Kier molecular flexibility index (Phi) is 5.61. The number of hydrogen-bond acceptors (Lipinski definition) is 6. The van der Waals surface area contributed by atoms with Gasteiger partial charge in [-0.25, -0.2) is 15.0 Å². The minimum Gasteiger partial charge on any atom is -0.363 e. The van der Waals surface area contributed by atoms with E-state index in [2.05, 4.69) is 49.6 Å². The first-order valence-corrected chi connectivity index (χ1v) is 9.82. The topological polar surface area (TPSA) is 92.7 Å². The molecule has 0 aliphatic carbocycles. The zero-order valence-electron chi connectivity index (χ0n) is 16.8. The second-order valence-corrected chi connectivity index (χ2v) is 6.88. The summed E-state index contributed by atoms with van der Waals surface area (Å²) < 4.78 is 0. The molecule has 4 rings (SSSR count). The van der Waals surface area contributed by atoms with Crippen molar-refractivity contribution in [3.05, 3.63) is 78.5 Å². The molecule has 0 radical (unpaired) electrons. The van der Waals surface area contributed by atoms with E-state index in [0.29, 0.717) is 12.2 Å². The predicted octanol–water partition coefficient (Wildman–Crippen LogP) is 4.01. The molecule has 0 saturated carbocycles. The minimum atomic E-state index is -0.241. The molecule has 4 aromatic rings. The molecule has 0 unspecified atom stereocenters. The molecule has 0 fully saturated rings. The standard InChI is InChI=1S/C23H22N6O/c1-3-25-23(30)21-13-24-12-20(29-21)17-9-10-19-18(11-17)22(27-14-26-19)28-15(2)16-7-5-4-6-8-16/h4-15H,3H2,1-2H3,(H,25,30)(H,26,27,28)/t15-/m1/s1. The quantitative estimate of drug-likeness (QED) is 0.510. The molecule has 2 heterocycles. The summed E-state index contributed by atoms with van der Waals surface area (Å²) in [5, 5.41) is 7.10. The van der Waals surface area contributed by atoms with Gasteiger partial charge in [0.05, 0.1) is 23.6 Å². The third kappa shape index (κ3) is 4.10. The zero-order chi connectivity index (χ0) is 20.9. The van der Waals surface area contributed by atoms with Crippen LogP contribution in [0.4, 0.5) is 5.82 Å². The Morgan fingerprint density at radius 2 is 1.90 bits per heavy atom. The summed E-state index contributed by atoms with van der Waals surface area (Å²) in [6, 6.07) is 16.1. The van der Waals surface area contributed by atoms with Crippen LogP contribution in [0.5, 0.6) is 0 Å². The Balaban J connectivity index is 1.70. The monoisotopic (exact) mass is 398 g/mol. The van der Waals surface area contributed by atoms with E-state index in [1.807, 2.05) is 43.3 Å². The molecule has 0 aliphatic heterocycles. The highest BCUT2D eigenvalue weighted by atomic mass is 16.1. The number of rotatable bonds is 6. The van der Waals surface area contributed by atoms with E-state index in [0.717, 1.165) is 22.3 Å². The fraction of sp³-hybridized carbons (Fsp3) is 0.174. The maximum Gasteiger partial charge on any atom is 0.271 e. The number of carbonyl (C=O) groups excluding carboxylic acids is 1. The Bertz CT molecular complexity index is 1180. The number of nitrogens with zero attached hydrogens (tertiary/aromatic N) is 4. The lowest BCUT2D eigenvalue weighted by Gasteiger charge is -2.16. The van der Waals surface area contributed by atoms with Gasteiger partial charge in [-0.1, -0.05) is 36.4 Å². The fourth-order valence-electron chi connectivity index (χ4n) is 3.23. The van der Waals surface area contributed by atoms with Gasteiger partial charge in [0.25, 0.3) is 5.91 Å². The number of anilines is 1. The van der Waals surface area contributed by atoms with Crippen LogP contribution in [0.25, 0.3) is 22.2 Å². The van der Waals surface area contributed by atoms with Crippen molar-refractivity contribution in [2.24, 2.45) is 0 Å². The molecule has 1 amide bonds. The van der Waals surface area contributed by atoms with Crippen LogP contribution in [0.3, 0.4) is 0 Å². The lowest BCUT2D eigenvalue weighted by atomic mass is 10.1. The highest BCUT2D eigenvalue weighted by molar-refractivity contribution is 5.94. The van der Waals surface area contributed by atoms with Crippen LogP contribution in [0.2, 0.25) is 0 Å². The Hall–Kier alpha value is -3.87. The molecule has 0 spiro atoms. The first-order valence-electron chi connectivity index (χ1n) is 9.82. The molecule has 0 bridgehead atoms. The molecule has 2 aromatic heterocycles. The number of fused-ring (bicyclic) bond motifs is 1. The van der Waals surface area contributed by atoms with Gasteiger partial charge in [0.15, 0.2) is 0 Å². The second-order valence-electron chi connectivity index (χ2n) is 6.88. The van der Waals surface area contributed by atoms with E-state index in [1.165, 1.54) is 11.8 Å². The van der Waals surface area contributed by atoms with Crippen molar-refractivity contribution in [3.63, 3.8) is 0 Å². The van der Waals surface area contributed by atoms with Gasteiger partial charge < -0.3 is 10.6 Å². The van der Waals surface area contributed by atoms with Crippen molar-refractivity contribution >= 4 is 22.6 Å². The van der Waals surface area contributed by atoms with E-state index < -0.39 is 0 Å². The van der Waals surface area contributed by atoms with Crippen molar-refractivity contribution in [2.75, 3.05) is 11.9 Å². The van der Waals surface area contributed by atoms with Crippen LogP contribution in [-0.4, -0.2) is 32.4 Å². The highest BCUT2D eigenvalue weighted by Gasteiger charge is 2.12. The summed E-state index contributed by atoms with van der Waals surface area (Å²) >= 11 is 0. The lowest BCUT2D eigenvalue weighted by Crippen LogP contribution is -2.24.